The van der Waals surface area contributed by atoms with E-state index in [1.54, 1.807) is 12.1 Å². The molecule has 0 aromatic heterocycles. The predicted octanol–water partition coefficient (Wildman–Crippen LogP) is 7.50. The van der Waals surface area contributed by atoms with Crippen molar-refractivity contribution in [3.63, 3.8) is 0 Å². The Morgan fingerprint density at radius 2 is 1.30 bits per heavy atom. The van der Waals surface area contributed by atoms with Gasteiger partial charge in [-0.05, 0) is 57.3 Å². The lowest BCUT2D eigenvalue weighted by Gasteiger charge is -2.26. The molecule has 3 aromatic rings. The zero-order valence-corrected chi connectivity index (χ0v) is 16.2. The van der Waals surface area contributed by atoms with E-state index in [1.165, 1.54) is 34.0 Å². The summed E-state index contributed by atoms with van der Waals surface area (Å²) < 4.78 is 38.4. The van der Waals surface area contributed by atoms with Crippen LogP contribution in [-0.2, 0) is 18.0 Å². The maximum Gasteiger partial charge on any atom is 0.416 e. The fourth-order valence-corrected chi connectivity index (χ4v) is 3.51. The normalized spacial score (nSPS) is 12.7. The van der Waals surface area contributed by atoms with Crippen molar-refractivity contribution in [2.45, 2.75) is 51.6 Å². The van der Waals surface area contributed by atoms with Gasteiger partial charge < -0.3 is 0 Å². The van der Waals surface area contributed by atoms with Crippen LogP contribution >= 0.6 is 0 Å². The molecule has 0 N–H and O–H groups in total. The van der Waals surface area contributed by atoms with E-state index in [-0.39, 0.29) is 5.41 Å². The first-order valence-corrected chi connectivity index (χ1v) is 9.26. The van der Waals surface area contributed by atoms with Crippen molar-refractivity contribution in [1.29, 1.82) is 0 Å². The quantitative estimate of drug-likeness (QED) is 0.446. The highest BCUT2D eigenvalue weighted by Crippen LogP contribution is 2.33. The van der Waals surface area contributed by atoms with E-state index in [9.17, 15) is 13.2 Å². The van der Waals surface area contributed by atoms with Gasteiger partial charge in [0.2, 0.25) is 0 Å². The van der Waals surface area contributed by atoms with Gasteiger partial charge in [-0.2, -0.15) is 13.2 Å². The molecule has 0 nitrogen and oxygen atoms in total. The summed E-state index contributed by atoms with van der Waals surface area (Å²) in [4.78, 5) is 0. The molecular formula is C24H25F3. The van der Waals surface area contributed by atoms with E-state index in [0.717, 1.165) is 12.0 Å². The number of hydrogen-bond donors (Lipinski definition) is 0. The maximum atomic E-state index is 12.8. The van der Waals surface area contributed by atoms with Crippen LogP contribution in [0.5, 0.6) is 0 Å². The third-order valence-electron chi connectivity index (χ3n) is 5.24. The second-order valence-electron chi connectivity index (χ2n) is 8.23. The van der Waals surface area contributed by atoms with E-state index < -0.39 is 11.7 Å². The first-order valence-electron chi connectivity index (χ1n) is 9.26. The second-order valence-corrected chi connectivity index (χ2v) is 8.23. The average molecular weight is 370 g/mol. The molecular weight excluding hydrogens is 345 g/mol. The Morgan fingerprint density at radius 1 is 0.741 bits per heavy atom. The van der Waals surface area contributed by atoms with Crippen LogP contribution in [0.25, 0.3) is 10.8 Å². The standard InChI is InChI=1S/C24H25F3/c1-16(2)18-7-8-19-13-17(5-6-20(19)14-18)15-23(3,4)21-9-11-22(12-10-21)24(25,26)27/h5-14,16H,15H2,1-4H3. The van der Waals surface area contributed by atoms with Gasteiger partial charge in [0.1, 0.15) is 0 Å². The van der Waals surface area contributed by atoms with Gasteiger partial charge in [-0.3, -0.25) is 0 Å². The molecule has 3 aromatic carbocycles. The van der Waals surface area contributed by atoms with Crippen LogP contribution in [0.2, 0.25) is 0 Å². The van der Waals surface area contributed by atoms with Crippen molar-refractivity contribution in [3.05, 3.63) is 82.9 Å². The molecule has 0 heterocycles. The summed E-state index contributed by atoms with van der Waals surface area (Å²) in [6, 6.07) is 18.5. The fourth-order valence-electron chi connectivity index (χ4n) is 3.51. The molecule has 0 aliphatic carbocycles. The van der Waals surface area contributed by atoms with Gasteiger partial charge in [0.25, 0.3) is 0 Å². The lowest BCUT2D eigenvalue weighted by Crippen LogP contribution is -2.20. The maximum absolute atomic E-state index is 12.8. The van der Waals surface area contributed by atoms with Crippen LogP contribution in [0, 0.1) is 0 Å². The molecule has 0 aliphatic rings. The summed E-state index contributed by atoms with van der Waals surface area (Å²) in [5, 5.41) is 2.41. The SMILES string of the molecule is CC(C)c1ccc2cc(CC(C)(C)c3ccc(C(F)(F)F)cc3)ccc2c1. The zero-order chi connectivity index (χ0) is 19.8. The highest BCUT2D eigenvalue weighted by Gasteiger charge is 2.31. The Morgan fingerprint density at radius 3 is 1.89 bits per heavy atom. The monoisotopic (exact) mass is 370 g/mol. The fraction of sp³-hybridized carbons (Fsp3) is 0.333. The van der Waals surface area contributed by atoms with Crippen molar-refractivity contribution < 1.29 is 13.2 Å². The van der Waals surface area contributed by atoms with Gasteiger partial charge in [-0.15, -0.1) is 0 Å². The largest absolute Gasteiger partial charge is 0.416 e. The summed E-state index contributed by atoms with van der Waals surface area (Å²) in [6.45, 7) is 8.51. The Labute approximate surface area is 159 Å². The van der Waals surface area contributed by atoms with Crippen molar-refractivity contribution in [1.82, 2.24) is 0 Å². The number of alkyl halides is 3. The van der Waals surface area contributed by atoms with Gasteiger partial charge >= 0.3 is 6.18 Å². The minimum atomic E-state index is -4.30. The molecule has 0 radical (unpaired) electrons. The van der Waals surface area contributed by atoms with Crippen LogP contribution in [0.3, 0.4) is 0 Å². The third-order valence-corrected chi connectivity index (χ3v) is 5.24. The van der Waals surface area contributed by atoms with Gasteiger partial charge in [0.15, 0.2) is 0 Å². The number of rotatable bonds is 4. The molecule has 0 saturated heterocycles. The van der Waals surface area contributed by atoms with Gasteiger partial charge in [-0.1, -0.05) is 76.2 Å². The summed E-state index contributed by atoms with van der Waals surface area (Å²) in [6.07, 6.45) is -3.53. The summed E-state index contributed by atoms with van der Waals surface area (Å²) in [7, 11) is 0. The van der Waals surface area contributed by atoms with E-state index in [0.29, 0.717) is 5.92 Å². The molecule has 0 atom stereocenters. The van der Waals surface area contributed by atoms with Crippen molar-refractivity contribution in [3.8, 4) is 0 Å². The first-order chi connectivity index (χ1) is 12.6. The third kappa shape index (κ3) is 4.35. The average Bonchev–Trinajstić information content (AvgIpc) is 2.60. The van der Waals surface area contributed by atoms with Crippen LogP contribution in [0.15, 0.2) is 60.7 Å². The Balaban J connectivity index is 1.85. The molecule has 0 aliphatic heterocycles. The predicted molar refractivity (Wildman–Crippen MR) is 106 cm³/mol. The molecule has 27 heavy (non-hydrogen) atoms. The lowest BCUT2D eigenvalue weighted by molar-refractivity contribution is -0.137. The molecule has 0 unspecified atom stereocenters. The van der Waals surface area contributed by atoms with E-state index in [2.05, 4.69) is 64.1 Å². The zero-order valence-electron chi connectivity index (χ0n) is 16.2. The number of hydrogen-bond acceptors (Lipinski definition) is 0. The summed E-state index contributed by atoms with van der Waals surface area (Å²) >= 11 is 0. The van der Waals surface area contributed by atoms with Gasteiger partial charge in [0, 0.05) is 0 Å². The minimum Gasteiger partial charge on any atom is -0.166 e. The second kappa shape index (κ2) is 7.03. The number of fused-ring (bicyclic) bond motifs is 1. The molecule has 0 spiro atoms. The molecule has 0 saturated carbocycles. The van der Waals surface area contributed by atoms with E-state index in [4.69, 9.17) is 0 Å². The number of halogens is 3. The Kier molecular flexibility index (Phi) is 5.07. The summed E-state index contributed by atoms with van der Waals surface area (Å²) in [5.41, 5.74) is 2.56. The minimum absolute atomic E-state index is 0.254. The van der Waals surface area contributed by atoms with Crippen molar-refractivity contribution in [2.24, 2.45) is 0 Å². The molecule has 3 rings (SSSR count). The van der Waals surface area contributed by atoms with Crippen LogP contribution in [0.1, 0.15) is 55.9 Å². The smallest absolute Gasteiger partial charge is 0.166 e. The van der Waals surface area contributed by atoms with Crippen LogP contribution < -0.4 is 0 Å². The van der Waals surface area contributed by atoms with Gasteiger partial charge in [-0.25, -0.2) is 0 Å². The van der Waals surface area contributed by atoms with Crippen molar-refractivity contribution >= 4 is 10.8 Å². The van der Waals surface area contributed by atoms with Gasteiger partial charge in [0.05, 0.1) is 5.56 Å². The lowest BCUT2D eigenvalue weighted by atomic mass is 9.78. The summed E-state index contributed by atoms with van der Waals surface area (Å²) in [5.74, 6) is 0.493. The molecule has 3 heteroatoms. The van der Waals surface area contributed by atoms with Crippen LogP contribution in [-0.4, -0.2) is 0 Å². The Hall–Kier alpha value is -2.29. The number of benzene rings is 3. The van der Waals surface area contributed by atoms with E-state index >= 15 is 0 Å². The first kappa shape index (κ1) is 19.5. The van der Waals surface area contributed by atoms with Crippen molar-refractivity contribution in [2.75, 3.05) is 0 Å². The molecule has 0 bridgehead atoms. The topological polar surface area (TPSA) is 0 Å². The Bertz CT molecular complexity index is 932. The molecule has 142 valence electrons. The molecule has 0 amide bonds. The van der Waals surface area contributed by atoms with E-state index in [1.807, 2.05) is 0 Å². The highest BCUT2D eigenvalue weighted by molar-refractivity contribution is 5.84. The van der Waals surface area contributed by atoms with Crippen LogP contribution in [0.4, 0.5) is 13.2 Å². The molecule has 0 fully saturated rings. The highest BCUT2D eigenvalue weighted by atomic mass is 19.4.